The Hall–Kier alpha value is -0.830. The Balaban J connectivity index is 3.38. The molecule has 1 heterocycles. The highest BCUT2D eigenvalue weighted by atomic mass is 127. The van der Waals surface area contributed by atoms with Crippen LogP contribution in [0.5, 0.6) is 0 Å². The first-order valence-electron chi connectivity index (χ1n) is 3.88. The number of carbonyl (C=O) groups is 1. The van der Waals surface area contributed by atoms with Crippen molar-refractivity contribution in [1.82, 2.24) is 4.98 Å². The Morgan fingerprint density at radius 3 is 2.67 bits per heavy atom. The maximum absolute atomic E-state index is 12.5. The molecule has 1 aromatic rings. The van der Waals surface area contributed by atoms with E-state index in [9.17, 15) is 13.6 Å². The summed E-state index contributed by atoms with van der Waals surface area (Å²) in [6.45, 7) is -0.00209. The molecule has 1 rings (SSSR count). The van der Waals surface area contributed by atoms with Gasteiger partial charge in [0.1, 0.15) is 5.69 Å². The lowest BCUT2D eigenvalue weighted by Gasteiger charge is -2.08. The molecule has 0 aliphatic carbocycles. The van der Waals surface area contributed by atoms with Gasteiger partial charge in [-0.15, -0.1) is 0 Å². The van der Waals surface area contributed by atoms with Crippen molar-refractivity contribution in [2.45, 2.75) is 13.0 Å². The zero-order valence-corrected chi connectivity index (χ0v) is 9.53. The van der Waals surface area contributed by atoms with E-state index in [4.69, 9.17) is 10.8 Å². The van der Waals surface area contributed by atoms with Gasteiger partial charge in [-0.05, 0) is 28.7 Å². The molecule has 3 N–H and O–H groups in total. The lowest BCUT2D eigenvalue weighted by atomic mass is 10.1. The van der Waals surface area contributed by atoms with Gasteiger partial charge in [0.25, 0.3) is 6.43 Å². The van der Waals surface area contributed by atoms with Gasteiger partial charge in [0.15, 0.2) is 0 Å². The number of carboxylic acid groups (broad SMARTS) is 1. The average Bonchev–Trinajstić information content (AvgIpc) is 2.16. The first-order valence-corrected chi connectivity index (χ1v) is 4.96. The molecule has 0 fully saturated rings. The molecule has 0 amide bonds. The molecule has 15 heavy (non-hydrogen) atoms. The van der Waals surface area contributed by atoms with E-state index in [1.807, 2.05) is 22.6 Å². The second-order valence-electron chi connectivity index (χ2n) is 2.66. The van der Waals surface area contributed by atoms with E-state index in [-0.39, 0.29) is 12.2 Å². The fraction of sp³-hybridized carbons (Fsp3) is 0.250. The summed E-state index contributed by atoms with van der Waals surface area (Å²) in [5, 5.41) is 8.69. The molecule has 0 saturated carbocycles. The summed E-state index contributed by atoms with van der Waals surface area (Å²) in [6, 6.07) is 1.15. The average molecular weight is 328 g/mol. The molecule has 4 nitrogen and oxygen atoms in total. The standard InChI is InChI=1S/C8H7F2IN2O2/c9-7(10)6-3(8(14)15)1-4(11)5(2-12)13-6/h1,7H,2,12H2,(H,14,15). The third-order valence-corrected chi connectivity index (χ3v) is 2.64. The quantitative estimate of drug-likeness (QED) is 0.830. The fourth-order valence-corrected chi connectivity index (χ4v) is 1.68. The second-order valence-corrected chi connectivity index (χ2v) is 3.82. The molecule has 0 spiro atoms. The lowest BCUT2D eigenvalue weighted by molar-refractivity contribution is 0.0682. The number of aromatic carboxylic acids is 1. The van der Waals surface area contributed by atoms with E-state index in [0.29, 0.717) is 3.57 Å². The first-order chi connectivity index (χ1) is 6.97. The number of pyridine rings is 1. The van der Waals surface area contributed by atoms with Gasteiger partial charge >= 0.3 is 5.97 Å². The summed E-state index contributed by atoms with van der Waals surface area (Å²) in [4.78, 5) is 14.2. The molecule has 0 aromatic carbocycles. The Morgan fingerprint density at radius 1 is 1.67 bits per heavy atom. The SMILES string of the molecule is NCc1nc(C(F)F)c(C(=O)O)cc1I. The predicted octanol–water partition coefficient (Wildman–Crippen LogP) is 1.78. The van der Waals surface area contributed by atoms with E-state index < -0.39 is 23.7 Å². The van der Waals surface area contributed by atoms with Crippen LogP contribution in [0.15, 0.2) is 6.07 Å². The van der Waals surface area contributed by atoms with Crippen LogP contribution in [0.3, 0.4) is 0 Å². The van der Waals surface area contributed by atoms with Crippen LogP contribution in [0.4, 0.5) is 8.78 Å². The van der Waals surface area contributed by atoms with Crippen LogP contribution in [-0.2, 0) is 6.54 Å². The van der Waals surface area contributed by atoms with Crippen molar-refractivity contribution in [2.24, 2.45) is 5.73 Å². The summed E-state index contributed by atoms with van der Waals surface area (Å²) in [7, 11) is 0. The summed E-state index contributed by atoms with van der Waals surface area (Å²) in [5.41, 5.74) is 4.35. The molecule has 82 valence electrons. The Kier molecular flexibility index (Phi) is 3.91. The van der Waals surface area contributed by atoms with Gasteiger partial charge in [-0.3, -0.25) is 0 Å². The predicted molar refractivity (Wildman–Crippen MR) is 56.8 cm³/mol. The molecule has 0 aliphatic heterocycles. The molecular weight excluding hydrogens is 321 g/mol. The van der Waals surface area contributed by atoms with Crippen molar-refractivity contribution in [3.8, 4) is 0 Å². The third-order valence-electron chi connectivity index (χ3n) is 1.71. The second kappa shape index (κ2) is 4.79. The lowest BCUT2D eigenvalue weighted by Crippen LogP contribution is -2.11. The largest absolute Gasteiger partial charge is 0.478 e. The molecule has 0 radical (unpaired) electrons. The van der Waals surface area contributed by atoms with Gasteiger partial charge < -0.3 is 10.8 Å². The van der Waals surface area contributed by atoms with Crippen molar-refractivity contribution in [2.75, 3.05) is 0 Å². The highest BCUT2D eigenvalue weighted by molar-refractivity contribution is 14.1. The molecule has 0 bridgehead atoms. The van der Waals surface area contributed by atoms with Gasteiger partial charge in [0.05, 0.1) is 11.3 Å². The van der Waals surface area contributed by atoms with Crippen molar-refractivity contribution in [1.29, 1.82) is 0 Å². The number of rotatable bonds is 3. The monoisotopic (exact) mass is 328 g/mol. The van der Waals surface area contributed by atoms with E-state index in [1.165, 1.54) is 0 Å². The van der Waals surface area contributed by atoms with Crippen molar-refractivity contribution >= 4 is 28.6 Å². The van der Waals surface area contributed by atoms with E-state index in [1.54, 1.807) is 0 Å². The number of nitrogens with zero attached hydrogens (tertiary/aromatic N) is 1. The van der Waals surface area contributed by atoms with E-state index in [0.717, 1.165) is 6.07 Å². The van der Waals surface area contributed by atoms with Gasteiger partial charge in [0.2, 0.25) is 0 Å². The Morgan fingerprint density at radius 2 is 2.27 bits per heavy atom. The minimum atomic E-state index is -2.92. The molecule has 0 atom stereocenters. The van der Waals surface area contributed by atoms with Crippen LogP contribution < -0.4 is 5.73 Å². The number of hydrogen-bond donors (Lipinski definition) is 2. The van der Waals surface area contributed by atoms with E-state index in [2.05, 4.69) is 4.98 Å². The summed E-state index contributed by atoms with van der Waals surface area (Å²) < 4.78 is 25.4. The van der Waals surface area contributed by atoms with Crippen LogP contribution >= 0.6 is 22.6 Å². The number of nitrogens with two attached hydrogens (primary N) is 1. The molecule has 0 saturated heterocycles. The Bertz CT molecular complexity index is 398. The molecular formula is C8H7F2IN2O2. The van der Waals surface area contributed by atoms with Crippen molar-refractivity contribution < 1.29 is 18.7 Å². The molecule has 0 unspecified atom stereocenters. The van der Waals surface area contributed by atoms with Gasteiger partial charge in [-0.25, -0.2) is 18.6 Å². The number of aromatic nitrogens is 1. The maximum atomic E-state index is 12.5. The van der Waals surface area contributed by atoms with Crippen LogP contribution in [-0.4, -0.2) is 16.1 Å². The number of hydrogen-bond acceptors (Lipinski definition) is 3. The van der Waals surface area contributed by atoms with Crippen molar-refractivity contribution in [3.05, 3.63) is 26.6 Å². The topological polar surface area (TPSA) is 76.2 Å². The third kappa shape index (κ3) is 2.59. The van der Waals surface area contributed by atoms with Crippen LogP contribution in [0.25, 0.3) is 0 Å². The number of halogens is 3. The smallest absolute Gasteiger partial charge is 0.337 e. The maximum Gasteiger partial charge on any atom is 0.337 e. The summed E-state index contributed by atoms with van der Waals surface area (Å²) in [5.74, 6) is -1.42. The summed E-state index contributed by atoms with van der Waals surface area (Å²) in [6.07, 6.45) is -2.92. The zero-order valence-electron chi connectivity index (χ0n) is 7.38. The normalized spacial score (nSPS) is 10.7. The fourth-order valence-electron chi connectivity index (χ4n) is 1.02. The number of alkyl halides is 2. The zero-order chi connectivity index (χ0) is 11.6. The molecule has 7 heteroatoms. The van der Waals surface area contributed by atoms with Gasteiger partial charge in [-0.2, -0.15) is 0 Å². The number of carboxylic acids is 1. The van der Waals surface area contributed by atoms with Crippen molar-refractivity contribution in [3.63, 3.8) is 0 Å². The van der Waals surface area contributed by atoms with Crippen LogP contribution in [0.2, 0.25) is 0 Å². The highest BCUT2D eigenvalue weighted by Crippen LogP contribution is 2.24. The minimum Gasteiger partial charge on any atom is -0.478 e. The molecule has 1 aromatic heterocycles. The molecule has 0 aliphatic rings. The minimum absolute atomic E-state index is 0.00209. The summed E-state index contributed by atoms with van der Waals surface area (Å²) >= 11 is 1.81. The van der Waals surface area contributed by atoms with Gasteiger partial charge in [0, 0.05) is 10.1 Å². The van der Waals surface area contributed by atoms with Gasteiger partial charge in [-0.1, -0.05) is 0 Å². The van der Waals surface area contributed by atoms with E-state index >= 15 is 0 Å². The highest BCUT2D eigenvalue weighted by Gasteiger charge is 2.21. The van der Waals surface area contributed by atoms with Crippen LogP contribution in [0.1, 0.15) is 28.2 Å². The first kappa shape index (κ1) is 12.2. The Labute approximate surface area is 97.6 Å². The van der Waals surface area contributed by atoms with Crippen LogP contribution in [0, 0.1) is 3.57 Å².